The zero-order valence-electron chi connectivity index (χ0n) is 16.7. The maximum atomic E-state index is 11.3. The van der Waals surface area contributed by atoms with Crippen LogP contribution in [0.15, 0.2) is 30.4 Å². The van der Waals surface area contributed by atoms with Crippen LogP contribution in [0.3, 0.4) is 0 Å². The van der Waals surface area contributed by atoms with Crippen LogP contribution < -0.4 is 15.7 Å². The molecule has 0 spiro atoms. The van der Waals surface area contributed by atoms with Crippen LogP contribution in [0.2, 0.25) is 0 Å². The molecule has 2 aromatic rings. The van der Waals surface area contributed by atoms with E-state index in [-0.39, 0.29) is 11.5 Å². The smallest absolute Gasteiger partial charge is 0.532 e. The van der Waals surface area contributed by atoms with Crippen LogP contribution in [-0.2, 0) is 4.74 Å². The first kappa shape index (κ1) is 21.4. The van der Waals surface area contributed by atoms with E-state index in [4.69, 9.17) is 20.4 Å². The number of primary amides is 1. The number of anilines is 2. The molecule has 2 aliphatic rings. The Morgan fingerprint density at radius 2 is 2.23 bits per heavy atom. The van der Waals surface area contributed by atoms with Crippen molar-refractivity contribution in [3.8, 4) is 11.8 Å². The number of hydrogen-bond donors (Lipinski definition) is 4. The van der Waals surface area contributed by atoms with E-state index >= 15 is 0 Å². The summed E-state index contributed by atoms with van der Waals surface area (Å²) in [4.78, 5) is 11.3. The van der Waals surface area contributed by atoms with Crippen LogP contribution in [-0.4, -0.2) is 41.5 Å². The molecule has 4 rings (SSSR count). The Balaban J connectivity index is 0.000000269. The van der Waals surface area contributed by atoms with Gasteiger partial charge in [-0.3, -0.25) is 9.89 Å². The molecule has 1 fully saturated rings. The Kier molecular flexibility index (Phi) is 7.11. The first-order valence-electron chi connectivity index (χ1n) is 9.79. The predicted octanol–water partition coefficient (Wildman–Crippen LogP) is 2.39. The lowest BCUT2D eigenvalue weighted by Gasteiger charge is -2.21. The molecular weight excluding hydrogens is 385 g/mol. The number of benzene rings is 1. The van der Waals surface area contributed by atoms with Crippen molar-refractivity contribution in [2.75, 3.05) is 18.5 Å². The van der Waals surface area contributed by atoms with Gasteiger partial charge in [0.15, 0.2) is 0 Å². The van der Waals surface area contributed by atoms with Gasteiger partial charge in [-0.05, 0) is 49.0 Å². The van der Waals surface area contributed by atoms with Crippen LogP contribution >= 0.6 is 0 Å². The first-order chi connectivity index (χ1) is 14.5. The fourth-order valence-corrected chi connectivity index (χ4v) is 3.24. The van der Waals surface area contributed by atoms with E-state index in [9.17, 15) is 9.82 Å². The molecule has 3 heterocycles. The molecule has 0 saturated carbocycles. The molecule has 2 aliphatic heterocycles. The van der Waals surface area contributed by atoms with Crippen molar-refractivity contribution in [2.45, 2.75) is 26.2 Å². The van der Waals surface area contributed by atoms with E-state index in [1.54, 1.807) is 18.1 Å². The molecule has 1 aromatic carbocycles. The molecule has 1 saturated heterocycles. The van der Waals surface area contributed by atoms with E-state index in [2.05, 4.69) is 21.6 Å². The van der Waals surface area contributed by atoms with Gasteiger partial charge in [0.25, 0.3) is 5.91 Å². The minimum absolute atomic E-state index is 0.267. The Bertz CT molecular complexity index is 962. The molecule has 1 amide bonds. The number of aromatic nitrogens is 2. The number of rotatable bonds is 4. The summed E-state index contributed by atoms with van der Waals surface area (Å²) in [6.07, 6.45) is 4.00. The number of allylic oxidation sites excluding steroid dienone is 1. The molecule has 5 N–H and O–H groups in total. The maximum Gasteiger partial charge on any atom is 0.552 e. The zero-order chi connectivity index (χ0) is 21.5. The monoisotopic (exact) mass is 409 g/mol. The van der Waals surface area contributed by atoms with E-state index in [1.807, 2.05) is 13.0 Å². The van der Waals surface area contributed by atoms with Crippen molar-refractivity contribution in [1.82, 2.24) is 10.2 Å². The Morgan fingerprint density at radius 3 is 2.87 bits per heavy atom. The summed E-state index contributed by atoms with van der Waals surface area (Å²) in [5.74, 6) is 2.44. The van der Waals surface area contributed by atoms with Crippen LogP contribution in [0.5, 0.6) is 5.75 Å². The number of fused-ring (bicyclic) bond motifs is 1. The third kappa shape index (κ3) is 5.20. The number of nitrogens with zero attached hydrogens (tertiary/aromatic N) is 2. The summed E-state index contributed by atoms with van der Waals surface area (Å²) in [7, 11) is -0.921. The minimum atomic E-state index is -0.921. The Hall–Kier alpha value is -3.29. The molecule has 0 bridgehead atoms. The number of carbonyl (C=O) groups is 1. The number of carbonyl (C=O) groups excluding carboxylic acids is 1. The van der Waals surface area contributed by atoms with Gasteiger partial charge in [-0.2, -0.15) is 10.4 Å². The van der Waals surface area contributed by atoms with Crippen LogP contribution in [0.1, 0.15) is 42.1 Å². The third-order valence-corrected chi connectivity index (χ3v) is 4.88. The van der Waals surface area contributed by atoms with Crippen molar-refractivity contribution in [3.05, 3.63) is 41.5 Å². The van der Waals surface area contributed by atoms with Gasteiger partial charge in [0.1, 0.15) is 17.1 Å². The summed E-state index contributed by atoms with van der Waals surface area (Å²) in [6, 6.07) is 7.67. The molecule has 30 heavy (non-hydrogen) atoms. The van der Waals surface area contributed by atoms with Crippen molar-refractivity contribution in [3.63, 3.8) is 0 Å². The highest BCUT2D eigenvalue weighted by molar-refractivity contribution is 6.52. The quantitative estimate of drug-likeness (QED) is 0.567. The highest BCUT2D eigenvalue weighted by Crippen LogP contribution is 2.35. The zero-order valence-corrected chi connectivity index (χ0v) is 16.7. The highest BCUT2D eigenvalue weighted by Gasteiger charge is 2.23. The second kappa shape index (κ2) is 9.96. The number of aromatic amines is 1. The Morgan fingerprint density at radius 1 is 1.47 bits per heavy atom. The molecular formula is C20H24BN5O4. The van der Waals surface area contributed by atoms with Gasteiger partial charge in [0.2, 0.25) is 0 Å². The summed E-state index contributed by atoms with van der Waals surface area (Å²) < 4.78 is 10.4. The second-order valence-electron chi connectivity index (χ2n) is 6.93. The molecule has 0 unspecified atom stereocenters. The first-order valence-corrected chi connectivity index (χ1v) is 9.79. The van der Waals surface area contributed by atoms with Gasteiger partial charge in [-0.25, -0.2) is 0 Å². The molecule has 1 aromatic heterocycles. The summed E-state index contributed by atoms with van der Waals surface area (Å²) >= 11 is 0. The van der Waals surface area contributed by atoms with E-state index in [1.165, 1.54) is 6.20 Å². The summed E-state index contributed by atoms with van der Waals surface area (Å²) in [5, 5.41) is 27.6. The van der Waals surface area contributed by atoms with Crippen LogP contribution in [0.4, 0.5) is 11.5 Å². The molecule has 10 heteroatoms. The largest absolute Gasteiger partial charge is 0.552 e. The standard InChI is InChI=1S/C14H15BN4O3.C6H9NO/c1-2-8-6-15(21)22-12-4-3-9(5-10(8)12)18-14-11(13(16)20)7-17-19-14;7-5-6-1-3-8-4-2-6/h3-7,21H,2H2,1H3,(H2,16,20)(H2,17,18,19);6H,1-4H2. The van der Waals surface area contributed by atoms with Crippen LogP contribution in [0.25, 0.3) is 5.57 Å². The average Bonchev–Trinajstić information content (AvgIpc) is 3.23. The number of nitriles is 1. The van der Waals surface area contributed by atoms with Crippen molar-refractivity contribution in [2.24, 2.45) is 11.7 Å². The average molecular weight is 409 g/mol. The molecule has 0 atom stereocenters. The second-order valence-corrected chi connectivity index (χ2v) is 6.93. The number of nitrogens with one attached hydrogen (secondary N) is 2. The third-order valence-electron chi connectivity index (χ3n) is 4.88. The molecule has 0 radical (unpaired) electrons. The predicted molar refractivity (Wildman–Crippen MR) is 113 cm³/mol. The molecule has 156 valence electrons. The number of amides is 1. The van der Waals surface area contributed by atoms with E-state index < -0.39 is 13.0 Å². The van der Waals surface area contributed by atoms with Gasteiger partial charge >= 0.3 is 7.12 Å². The van der Waals surface area contributed by atoms with Crippen LogP contribution in [0, 0.1) is 17.2 Å². The normalized spacial score (nSPS) is 15.6. The number of H-pyrrole nitrogens is 1. The van der Waals surface area contributed by atoms with Gasteiger partial charge in [0, 0.05) is 24.5 Å². The lowest BCUT2D eigenvalue weighted by atomic mass is 9.81. The topological polar surface area (TPSA) is 146 Å². The van der Waals surface area contributed by atoms with Gasteiger partial charge in [0.05, 0.1) is 18.2 Å². The van der Waals surface area contributed by atoms with Gasteiger partial charge in [-0.1, -0.05) is 6.92 Å². The number of nitrogens with two attached hydrogens (primary N) is 1. The number of ether oxygens (including phenoxy) is 1. The lowest BCUT2D eigenvalue weighted by molar-refractivity contribution is 0.0802. The fraction of sp³-hybridized carbons (Fsp3) is 0.350. The summed E-state index contributed by atoms with van der Waals surface area (Å²) in [5.41, 5.74) is 8.23. The molecule has 0 aliphatic carbocycles. The van der Waals surface area contributed by atoms with Crippen molar-refractivity contribution in [1.29, 1.82) is 5.26 Å². The van der Waals surface area contributed by atoms with Crippen molar-refractivity contribution < 1.29 is 19.2 Å². The van der Waals surface area contributed by atoms with E-state index in [0.29, 0.717) is 11.6 Å². The summed E-state index contributed by atoms with van der Waals surface area (Å²) in [6.45, 7) is 3.56. The fourth-order valence-electron chi connectivity index (χ4n) is 3.24. The SMILES string of the molecule is CCC1=CB(O)Oc2ccc(Nc3[nH]ncc3C(N)=O)cc21.N#CC1CCOCC1. The lowest BCUT2D eigenvalue weighted by Crippen LogP contribution is -2.23. The minimum Gasteiger partial charge on any atom is -0.532 e. The number of hydrogen-bond acceptors (Lipinski definition) is 7. The maximum absolute atomic E-state index is 11.3. The molecule has 9 nitrogen and oxygen atoms in total. The highest BCUT2D eigenvalue weighted by atomic mass is 16.5. The van der Waals surface area contributed by atoms with E-state index in [0.717, 1.165) is 49.3 Å². The van der Waals surface area contributed by atoms with Gasteiger partial charge < -0.3 is 25.5 Å². The Labute approximate surface area is 175 Å². The van der Waals surface area contributed by atoms with Crippen molar-refractivity contribution >= 4 is 30.1 Å². The van der Waals surface area contributed by atoms with Gasteiger partial charge in [-0.15, -0.1) is 0 Å².